The molecule has 0 fully saturated rings. The lowest BCUT2D eigenvalue weighted by Gasteiger charge is -1.92. The maximum absolute atomic E-state index is 3.61. The van der Waals surface area contributed by atoms with Crippen LogP contribution in [0.4, 0.5) is 0 Å². The van der Waals surface area contributed by atoms with Crippen molar-refractivity contribution in [1.82, 2.24) is 0 Å². The van der Waals surface area contributed by atoms with Gasteiger partial charge < -0.3 is 0 Å². The number of allylic oxidation sites excluding steroid dienone is 1. The first-order chi connectivity index (χ1) is 5.18. The van der Waals surface area contributed by atoms with Crippen LogP contribution in [-0.2, 0) is 6.42 Å². The number of hydrogen-bond donors (Lipinski definition) is 0. The summed E-state index contributed by atoms with van der Waals surface area (Å²) in [5.74, 6) is 0. The monoisotopic (exact) mass is 228 g/mol. The van der Waals surface area contributed by atoms with Gasteiger partial charge in [-0.1, -0.05) is 5.57 Å². The van der Waals surface area contributed by atoms with Gasteiger partial charge in [0.15, 0.2) is 0 Å². The number of hydrogen-bond acceptors (Lipinski definition) is 1. The Morgan fingerprint density at radius 1 is 1.45 bits per heavy atom. The van der Waals surface area contributed by atoms with Crippen molar-refractivity contribution in [2.45, 2.75) is 20.3 Å². The molecule has 1 aliphatic carbocycles. The zero-order valence-electron chi connectivity index (χ0n) is 6.57. The van der Waals surface area contributed by atoms with Crippen LogP contribution in [0.15, 0.2) is 10.0 Å². The van der Waals surface area contributed by atoms with Crippen LogP contribution >= 0.6 is 27.3 Å². The van der Waals surface area contributed by atoms with Crippen LogP contribution in [-0.4, -0.2) is 0 Å². The lowest BCUT2D eigenvalue weighted by molar-refractivity contribution is 1.19. The van der Waals surface area contributed by atoms with Crippen LogP contribution in [0.3, 0.4) is 0 Å². The van der Waals surface area contributed by atoms with Crippen LogP contribution in [0, 0.1) is 6.92 Å². The molecule has 0 amide bonds. The molecule has 0 unspecified atom stereocenters. The zero-order chi connectivity index (χ0) is 8.01. The molecule has 58 valence electrons. The van der Waals surface area contributed by atoms with E-state index >= 15 is 0 Å². The van der Waals surface area contributed by atoms with E-state index in [0.717, 1.165) is 6.42 Å². The molecule has 0 N–H and O–H groups in total. The van der Waals surface area contributed by atoms with E-state index in [1.807, 2.05) is 11.3 Å². The van der Waals surface area contributed by atoms with Crippen molar-refractivity contribution >= 4 is 33.3 Å². The summed E-state index contributed by atoms with van der Waals surface area (Å²) in [5.41, 5.74) is 2.97. The smallest absolute Gasteiger partial charge is 0.0353 e. The summed E-state index contributed by atoms with van der Waals surface area (Å²) in [6.45, 7) is 4.35. The second-order valence-electron chi connectivity index (χ2n) is 2.98. The van der Waals surface area contributed by atoms with Crippen molar-refractivity contribution in [3.8, 4) is 0 Å². The average Bonchev–Trinajstić information content (AvgIpc) is 2.37. The molecule has 0 saturated carbocycles. The molecule has 1 aromatic heterocycles. The second-order valence-corrected chi connectivity index (χ2v) is 5.03. The highest BCUT2D eigenvalue weighted by Gasteiger charge is 2.16. The fourth-order valence-electron chi connectivity index (χ4n) is 1.43. The van der Waals surface area contributed by atoms with Crippen LogP contribution in [0.25, 0.3) is 6.08 Å². The Morgan fingerprint density at radius 3 is 2.82 bits per heavy atom. The lowest BCUT2D eigenvalue weighted by Crippen LogP contribution is -1.78. The number of thiophene rings is 1. The Labute approximate surface area is 79.1 Å². The maximum Gasteiger partial charge on any atom is 0.0353 e. The lowest BCUT2D eigenvalue weighted by atomic mass is 10.2. The van der Waals surface area contributed by atoms with Gasteiger partial charge in [-0.05, 0) is 47.8 Å². The third-order valence-corrected chi connectivity index (χ3v) is 4.40. The van der Waals surface area contributed by atoms with E-state index in [0.29, 0.717) is 0 Å². The molecule has 2 rings (SSSR count). The van der Waals surface area contributed by atoms with Crippen molar-refractivity contribution in [2.24, 2.45) is 0 Å². The summed E-state index contributed by atoms with van der Waals surface area (Å²) < 4.78 is 1.32. The predicted octanol–water partition coefficient (Wildman–Crippen LogP) is 3.78. The maximum atomic E-state index is 3.61. The first-order valence-corrected chi connectivity index (χ1v) is 5.24. The minimum Gasteiger partial charge on any atom is -0.140 e. The summed E-state index contributed by atoms with van der Waals surface area (Å²) >= 11 is 5.49. The SMILES string of the molecule is CC1=Cc2sc(C)c(Br)c2C1. The quantitative estimate of drug-likeness (QED) is 0.635. The van der Waals surface area contributed by atoms with Crippen LogP contribution in [0.1, 0.15) is 22.2 Å². The highest BCUT2D eigenvalue weighted by atomic mass is 79.9. The van der Waals surface area contributed by atoms with Gasteiger partial charge in [-0.25, -0.2) is 0 Å². The number of aryl methyl sites for hydroxylation is 1. The van der Waals surface area contributed by atoms with E-state index in [1.165, 1.54) is 25.4 Å². The number of rotatable bonds is 0. The van der Waals surface area contributed by atoms with Crippen LogP contribution in [0.5, 0.6) is 0 Å². The summed E-state index contributed by atoms with van der Waals surface area (Å²) in [5, 5.41) is 0. The molecule has 0 saturated heterocycles. The van der Waals surface area contributed by atoms with Crippen LogP contribution < -0.4 is 0 Å². The molecule has 1 heterocycles. The van der Waals surface area contributed by atoms with Gasteiger partial charge in [0, 0.05) is 14.2 Å². The van der Waals surface area contributed by atoms with E-state index in [1.54, 1.807) is 0 Å². The summed E-state index contributed by atoms with van der Waals surface area (Å²) in [4.78, 5) is 2.85. The normalized spacial score (nSPS) is 15.0. The van der Waals surface area contributed by atoms with Gasteiger partial charge in [0.2, 0.25) is 0 Å². The zero-order valence-corrected chi connectivity index (χ0v) is 8.97. The average molecular weight is 229 g/mol. The van der Waals surface area contributed by atoms with E-state index < -0.39 is 0 Å². The largest absolute Gasteiger partial charge is 0.140 e. The first kappa shape index (κ1) is 7.56. The minimum absolute atomic E-state index is 1.14. The highest BCUT2D eigenvalue weighted by molar-refractivity contribution is 9.10. The van der Waals surface area contributed by atoms with Gasteiger partial charge in [0.25, 0.3) is 0 Å². The molecule has 0 spiro atoms. The van der Waals surface area contributed by atoms with E-state index in [9.17, 15) is 0 Å². The standard InChI is InChI=1S/C9H9BrS/c1-5-3-7-8(4-5)11-6(2)9(7)10/h4H,3H2,1-2H3. The summed E-state index contributed by atoms with van der Waals surface area (Å²) in [6, 6.07) is 0. The van der Waals surface area contributed by atoms with Crippen molar-refractivity contribution in [2.75, 3.05) is 0 Å². The fraction of sp³-hybridized carbons (Fsp3) is 0.333. The Hall–Kier alpha value is -0.0800. The molecule has 1 aliphatic rings. The second kappa shape index (κ2) is 2.46. The highest BCUT2D eigenvalue weighted by Crippen LogP contribution is 2.39. The third kappa shape index (κ3) is 1.09. The topological polar surface area (TPSA) is 0 Å². The first-order valence-electron chi connectivity index (χ1n) is 3.63. The number of fused-ring (bicyclic) bond motifs is 1. The molecule has 0 aromatic carbocycles. The molecule has 0 aliphatic heterocycles. The Bertz CT molecular complexity index is 334. The molecule has 0 nitrogen and oxygen atoms in total. The van der Waals surface area contributed by atoms with Crippen LogP contribution in [0.2, 0.25) is 0 Å². The van der Waals surface area contributed by atoms with Gasteiger partial charge in [0.1, 0.15) is 0 Å². The van der Waals surface area contributed by atoms with Crippen molar-refractivity contribution in [3.63, 3.8) is 0 Å². The number of halogens is 1. The Kier molecular flexibility index (Phi) is 1.69. The Balaban J connectivity index is 2.59. The van der Waals surface area contributed by atoms with Crippen molar-refractivity contribution < 1.29 is 0 Å². The fourth-order valence-corrected chi connectivity index (χ4v) is 3.25. The van der Waals surface area contributed by atoms with Gasteiger partial charge in [-0.15, -0.1) is 11.3 Å². The summed E-state index contributed by atoms with van der Waals surface area (Å²) in [6.07, 6.45) is 3.43. The molecule has 0 radical (unpaired) electrons. The van der Waals surface area contributed by atoms with Crippen molar-refractivity contribution in [3.05, 3.63) is 25.4 Å². The molecule has 0 atom stereocenters. The van der Waals surface area contributed by atoms with Crippen molar-refractivity contribution in [1.29, 1.82) is 0 Å². The third-order valence-electron chi connectivity index (χ3n) is 1.97. The van der Waals surface area contributed by atoms with Gasteiger partial charge in [0.05, 0.1) is 0 Å². The molecule has 2 heteroatoms. The van der Waals surface area contributed by atoms with Gasteiger partial charge in [-0.3, -0.25) is 0 Å². The molecule has 11 heavy (non-hydrogen) atoms. The van der Waals surface area contributed by atoms with Gasteiger partial charge in [-0.2, -0.15) is 0 Å². The molecule has 1 aromatic rings. The van der Waals surface area contributed by atoms with E-state index in [4.69, 9.17) is 0 Å². The van der Waals surface area contributed by atoms with E-state index in [-0.39, 0.29) is 0 Å². The molecular weight excluding hydrogens is 220 g/mol. The van der Waals surface area contributed by atoms with E-state index in [2.05, 4.69) is 35.9 Å². The predicted molar refractivity (Wildman–Crippen MR) is 54.1 cm³/mol. The van der Waals surface area contributed by atoms with Gasteiger partial charge >= 0.3 is 0 Å². The summed E-state index contributed by atoms with van der Waals surface area (Å²) in [7, 11) is 0. The molecule has 0 bridgehead atoms. The minimum atomic E-state index is 1.14. The Morgan fingerprint density at radius 2 is 2.18 bits per heavy atom. The molecular formula is C9H9BrS.